The van der Waals surface area contributed by atoms with Crippen LogP contribution in [0.1, 0.15) is 22.3 Å². The lowest BCUT2D eigenvalue weighted by Crippen LogP contribution is -2.34. The van der Waals surface area contributed by atoms with Gasteiger partial charge in [-0.1, -0.05) is 12.1 Å². The van der Waals surface area contributed by atoms with Gasteiger partial charge in [-0.2, -0.15) is 0 Å². The van der Waals surface area contributed by atoms with Crippen LogP contribution in [0.5, 0.6) is 0 Å². The first-order valence-corrected chi connectivity index (χ1v) is 8.13. The van der Waals surface area contributed by atoms with Crippen molar-refractivity contribution in [2.75, 3.05) is 13.1 Å². The summed E-state index contributed by atoms with van der Waals surface area (Å²) in [6.45, 7) is 1.04. The number of aromatic nitrogens is 1. The minimum absolute atomic E-state index is 0.171. The first kappa shape index (κ1) is 15.6. The molecule has 0 bridgehead atoms. The summed E-state index contributed by atoms with van der Waals surface area (Å²) in [5.74, 6) is -0.855. The number of H-pyrrole nitrogens is 1. The Labute approximate surface area is 143 Å². The minimum atomic E-state index is -0.412. The molecule has 2 aromatic carbocycles. The van der Waals surface area contributed by atoms with Crippen LogP contribution in [0.25, 0.3) is 16.5 Å². The number of amides is 1. The second kappa shape index (κ2) is 6.16. The molecule has 0 unspecified atom stereocenters. The molecule has 1 amide bonds. The fourth-order valence-electron chi connectivity index (χ4n) is 3.27. The van der Waals surface area contributed by atoms with Gasteiger partial charge < -0.3 is 9.88 Å². The van der Waals surface area contributed by atoms with Crippen LogP contribution in [0.3, 0.4) is 0 Å². The summed E-state index contributed by atoms with van der Waals surface area (Å²) in [7, 11) is 0. The van der Waals surface area contributed by atoms with Crippen molar-refractivity contribution in [3.05, 3.63) is 77.5 Å². The molecule has 1 N–H and O–H groups in total. The minimum Gasteiger partial charge on any atom is -0.360 e. The highest BCUT2D eigenvalue weighted by Gasteiger charge is 2.20. The van der Waals surface area contributed by atoms with E-state index in [9.17, 15) is 13.6 Å². The number of carbonyl (C=O) groups excluding carboxylic acids is 1. The van der Waals surface area contributed by atoms with Crippen LogP contribution in [-0.4, -0.2) is 28.9 Å². The highest BCUT2D eigenvalue weighted by molar-refractivity contribution is 5.96. The smallest absolute Gasteiger partial charge is 0.254 e. The number of nitrogens with zero attached hydrogens (tertiary/aromatic N) is 1. The molecule has 0 saturated carbocycles. The molecule has 2 heterocycles. The normalized spacial score (nSPS) is 14.6. The van der Waals surface area contributed by atoms with E-state index in [0.717, 1.165) is 22.0 Å². The molecular formula is C20H16F2N2O. The van der Waals surface area contributed by atoms with Crippen molar-refractivity contribution in [2.45, 2.75) is 6.42 Å². The molecule has 5 heteroatoms. The third-order valence-corrected chi connectivity index (χ3v) is 4.56. The van der Waals surface area contributed by atoms with E-state index >= 15 is 0 Å². The summed E-state index contributed by atoms with van der Waals surface area (Å²) in [6, 6.07) is 10.4. The zero-order valence-corrected chi connectivity index (χ0v) is 13.4. The number of fused-ring (bicyclic) bond motifs is 1. The summed E-state index contributed by atoms with van der Waals surface area (Å²) in [6.07, 6.45) is 4.58. The van der Waals surface area contributed by atoms with E-state index in [0.29, 0.717) is 25.1 Å². The van der Waals surface area contributed by atoms with E-state index in [-0.39, 0.29) is 11.7 Å². The van der Waals surface area contributed by atoms with Gasteiger partial charge in [-0.3, -0.25) is 4.79 Å². The fourth-order valence-corrected chi connectivity index (χ4v) is 3.27. The van der Waals surface area contributed by atoms with Gasteiger partial charge in [0.25, 0.3) is 5.91 Å². The number of nitrogens with one attached hydrogen (secondary N) is 1. The van der Waals surface area contributed by atoms with Crippen LogP contribution in [0.15, 0.2) is 54.7 Å². The number of benzene rings is 2. The van der Waals surface area contributed by atoms with Crippen molar-refractivity contribution in [3.63, 3.8) is 0 Å². The molecule has 0 aliphatic carbocycles. The molecule has 3 nitrogen and oxygen atoms in total. The predicted molar refractivity (Wildman–Crippen MR) is 93.2 cm³/mol. The molecule has 0 fully saturated rings. The molecule has 0 saturated heterocycles. The van der Waals surface area contributed by atoms with Gasteiger partial charge in [0.15, 0.2) is 0 Å². The van der Waals surface area contributed by atoms with E-state index < -0.39 is 5.82 Å². The average molecular weight is 338 g/mol. The van der Waals surface area contributed by atoms with E-state index in [4.69, 9.17) is 0 Å². The Hall–Kier alpha value is -2.95. The highest BCUT2D eigenvalue weighted by Crippen LogP contribution is 2.30. The molecule has 0 radical (unpaired) electrons. The molecule has 1 aliphatic rings. The van der Waals surface area contributed by atoms with Crippen molar-refractivity contribution >= 4 is 22.4 Å². The van der Waals surface area contributed by atoms with Crippen molar-refractivity contribution in [2.24, 2.45) is 0 Å². The number of carbonyl (C=O) groups is 1. The quantitative estimate of drug-likeness (QED) is 0.740. The molecule has 25 heavy (non-hydrogen) atoms. The lowest BCUT2D eigenvalue weighted by Gasteiger charge is -2.26. The highest BCUT2D eigenvalue weighted by atomic mass is 19.1. The largest absolute Gasteiger partial charge is 0.360 e. The first-order valence-electron chi connectivity index (χ1n) is 8.13. The summed E-state index contributed by atoms with van der Waals surface area (Å²) >= 11 is 0. The number of hydrogen-bond donors (Lipinski definition) is 1. The van der Waals surface area contributed by atoms with Gasteiger partial charge >= 0.3 is 0 Å². The molecule has 0 atom stereocenters. The standard InChI is InChI=1S/C20H16F2N2O/c21-15-3-1-2-14(10-15)20(25)24-8-6-13(7-9-24)18-12-23-19-11-16(22)4-5-17(18)19/h1-6,10-12,23H,7-9H2. The van der Waals surface area contributed by atoms with E-state index in [1.807, 2.05) is 12.3 Å². The van der Waals surface area contributed by atoms with Crippen LogP contribution in [0.2, 0.25) is 0 Å². The summed E-state index contributed by atoms with van der Waals surface area (Å²) < 4.78 is 26.6. The summed E-state index contributed by atoms with van der Waals surface area (Å²) in [5.41, 5.74) is 3.28. The monoisotopic (exact) mass is 338 g/mol. The van der Waals surface area contributed by atoms with E-state index in [1.165, 1.54) is 24.3 Å². The number of hydrogen-bond acceptors (Lipinski definition) is 1. The second-order valence-electron chi connectivity index (χ2n) is 6.13. The molecule has 1 aromatic heterocycles. The Morgan fingerprint density at radius 2 is 1.92 bits per heavy atom. The third-order valence-electron chi connectivity index (χ3n) is 4.56. The molecule has 1 aliphatic heterocycles. The van der Waals surface area contributed by atoms with Crippen molar-refractivity contribution in [1.82, 2.24) is 9.88 Å². The zero-order chi connectivity index (χ0) is 17.4. The summed E-state index contributed by atoms with van der Waals surface area (Å²) in [5, 5.41) is 0.970. The SMILES string of the molecule is O=C(c1cccc(F)c1)N1CC=C(c2c[nH]c3cc(F)ccc23)CC1. The van der Waals surface area contributed by atoms with Gasteiger partial charge in [0.05, 0.1) is 0 Å². The maximum atomic E-state index is 13.3. The van der Waals surface area contributed by atoms with Crippen molar-refractivity contribution in [3.8, 4) is 0 Å². The summed E-state index contributed by atoms with van der Waals surface area (Å²) in [4.78, 5) is 17.3. The van der Waals surface area contributed by atoms with Crippen LogP contribution in [0, 0.1) is 11.6 Å². The van der Waals surface area contributed by atoms with Gasteiger partial charge in [0, 0.05) is 41.3 Å². The Kier molecular flexibility index (Phi) is 3.84. The predicted octanol–water partition coefficient (Wildman–Crippen LogP) is 4.38. The second-order valence-corrected chi connectivity index (χ2v) is 6.13. The average Bonchev–Trinajstić information content (AvgIpc) is 3.04. The van der Waals surface area contributed by atoms with Crippen molar-refractivity contribution in [1.29, 1.82) is 0 Å². The zero-order valence-electron chi connectivity index (χ0n) is 13.4. The Morgan fingerprint density at radius 3 is 2.68 bits per heavy atom. The number of aromatic amines is 1. The maximum absolute atomic E-state index is 13.3. The molecular weight excluding hydrogens is 322 g/mol. The Morgan fingerprint density at radius 1 is 1.08 bits per heavy atom. The lowest BCUT2D eigenvalue weighted by atomic mass is 9.98. The van der Waals surface area contributed by atoms with Crippen LogP contribution in [-0.2, 0) is 0 Å². The maximum Gasteiger partial charge on any atom is 0.254 e. The molecule has 0 spiro atoms. The van der Waals surface area contributed by atoms with Gasteiger partial charge in [0.2, 0.25) is 0 Å². The Bertz CT molecular complexity index is 990. The van der Waals surface area contributed by atoms with E-state index in [1.54, 1.807) is 23.1 Å². The van der Waals surface area contributed by atoms with Gasteiger partial charge in [-0.05, 0) is 48.4 Å². The van der Waals surface area contributed by atoms with Gasteiger partial charge in [0.1, 0.15) is 11.6 Å². The molecule has 126 valence electrons. The first-order chi connectivity index (χ1) is 12.1. The lowest BCUT2D eigenvalue weighted by molar-refractivity contribution is 0.0772. The van der Waals surface area contributed by atoms with E-state index in [2.05, 4.69) is 4.98 Å². The van der Waals surface area contributed by atoms with Crippen LogP contribution < -0.4 is 0 Å². The Balaban J connectivity index is 1.56. The third kappa shape index (κ3) is 2.93. The molecule has 4 rings (SSSR count). The van der Waals surface area contributed by atoms with Gasteiger partial charge in [-0.15, -0.1) is 0 Å². The fraction of sp³-hybridized carbons (Fsp3) is 0.150. The van der Waals surface area contributed by atoms with Crippen LogP contribution >= 0.6 is 0 Å². The number of rotatable bonds is 2. The van der Waals surface area contributed by atoms with Crippen molar-refractivity contribution < 1.29 is 13.6 Å². The topological polar surface area (TPSA) is 36.1 Å². The molecule has 3 aromatic rings. The van der Waals surface area contributed by atoms with Gasteiger partial charge in [-0.25, -0.2) is 8.78 Å². The number of halogens is 2. The van der Waals surface area contributed by atoms with Crippen LogP contribution in [0.4, 0.5) is 8.78 Å².